The molecular formula is C28H32O6. The van der Waals surface area contributed by atoms with Crippen LogP contribution in [-0.2, 0) is 19.3 Å². The lowest BCUT2D eigenvalue weighted by atomic mass is 9.92. The SMILES string of the molecule is COc1cc(O)c(CCc2c(OC)cc(OC)c3c2OC(c2ccccc2)CC3)c(OC)c1C. The van der Waals surface area contributed by atoms with Crippen molar-refractivity contribution in [2.75, 3.05) is 28.4 Å². The van der Waals surface area contributed by atoms with Crippen molar-refractivity contribution in [3.8, 4) is 34.5 Å². The number of ether oxygens (including phenoxy) is 5. The van der Waals surface area contributed by atoms with Crippen LogP contribution in [0.1, 0.15) is 40.3 Å². The van der Waals surface area contributed by atoms with Gasteiger partial charge >= 0.3 is 0 Å². The molecule has 6 heteroatoms. The van der Waals surface area contributed by atoms with Crippen LogP contribution >= 0.6 is 0 Å². The summed E-state index contributed by atoms with van der Waals surface area (Å²) in [7, 11) is 6.50. The smallest absolute Gasteiger partial charge is 0.134 e. The molecule has 0 saturated heterocycles. The number of methoxy groups -OCH3 is 4. The number of hydrogen-bond donors (Lipinski definition) is 1. The van der Waals surface area contributed by atoms with Gasteiger partial charge in [0.25, 0.3) is 0 Å². The fourth-order valence-corrected chi connectivity index (χ4v) is 4.81. The molecule has 34 heavy (non-hydrogen) atoms. The minimum Gasteiger partial charge on any atom is -0.507 e. The Morgan fingerprint density at radius 2 is 1.53 bits per heavy atom. The molecule has 0 spiro atoms. The summed E-state index contributed by atoms with van der Waals surface area (Å²) in [6.45, 7) is 1.92. The highest BCUT2D eigenvalue weighted by molar-refractivity contribution is 5.60. The van der Waals surface area contributed by atoms with Crippen LogP contribution in [0.5, 0.6) is 34.5 Å². The molecule has 180 valence electrons. The predicted molar refractivity (Wildman–Crippen MR) is 131 cm³/mol. The number of aromatic hydroxyl groups is 1. The van der Waals surface area contributed by atoms with Crippen molar-refractivity contribution in [1.29, 1.82) is 0 Å². The second kappa shape index (κ2) is 10.2. The van der Waals surface area contributed by atoms with Crippen molar-refractivity contribution in [3.63, 3.8) is 0 Å². The second-order valence-corrected chi connectivity index (χ2v) is 8.36. The molecule has 1 unspecified atom stereocenters. The first kappa shape index (κ1) is 23.6. The standard InChI is InChI=1S/C28H32O6/c1-17-24(30-2)15-22(29)19(27(17)33-5)11-12-20-25(31-3)16-26(32-4)21-13-14-23(34-28(20)21)18-9-7-6-8-10-18/h6-10,15-16,23,29H,11-14H2,1-5H3. The molecule has 0 aromatic heterocycles. The molecule has 1 heterocycles. The van der Waals surface area contributed by atoms with Gasteiger partial charge in [0.2, 0.25) is 0 Å². The average molecular weight is 465 g/mol. The van der Waals surface area contributed by atoms with Gasteiger partial charge in [-0.3, -0.25) is 0 Å². The molecular weight excluding hydrogens is 432 g/mol. The summed E-state index contributed by atoms with van der Waals surface area (Å²) < 4.78 is 29.1. The van der Waals surface area contributed by atoms with Crippen molar-refractivity contribution in [2.24, 2.45) is 0 Å². The van der Waals surface area contributed by atoms with Crippen LogP contribution in [0.3, 0.4) is 0 Å². The third kappa shape index (κ3) is 4.32. The van der Waals surface area contributed by atoms with Gasteiger partial charge in [0.1, 0.15) is 40.6 Å². The van der Waals surface area contributed by atoms with Gasteiger partial charge in [-0.2, -0.15) is 0 Å². The number of phenols is 1. The maximum absolute atomic E-state index is 10.7. The highest BCUT2D eigenvalue weighted by atomic mass is 16.5. The summed E-state index contributed by atoms with van der Waals surface area (Å²) in [4.78, 5) is 0. The van der Waals surface area contributed by atoms with E-state index < -0.39 is 0 Å². The van der Waals surface area contributed by atoms with E-state index in [9.17, 15) is 5.11 Å². The summed E-state index contributed by atoms with van der Waals surface area (Å²) in [5.74, 6) is 3.63. The molecule has 0 fully saturated rings. The molecule has 1 aliphatic rings. The molecule has 0 saturated carbocycles. The monoisotopic (exact) mass is 464 g/mol. The highest BCUT2D eigenvalue weighted by Gasteiger charge is 2.29. The van der Waals surface area contributed by atoms with Gasteiger partial charge in [-0.15, -0.1) is 0 Å². The summed E-state index contributed by atoms with van der Waals surface area (Å²) in [6, 6.07) is 13.8. The Bertz CT molecular complexity index is 1160. The first-order chi connectivity index (χ1) is 16.5. The minimum absolute atomic E-state index is 0.0459. The maximum Gasteiger partial charge on any atom is 0.134 e. The second-order valence-electron chi connectivity index (χ2n) is 8.36. The van der Waals surface area contributed by atoms with E-state index in [-0.39, 0.29) is 11.9 Å². The van der Waals surface area contributed by atoms with Gasteiger partial charge < -0.3 is 28.8 Å². The van der Waals surface area contributed by atoms with Crippen molar-refractivity contribution in [1.82, 2.24) is 0 Å². The first-order valence-corrected chi connectivity index (χ1v) is 11.4. The molecule has 3 aromatic carbocycles. The van der Waals surface area contributed by atoms with Crippen molar-refractivity contribution < 1.29 is 28.8 Å². The van der Waals surface area contributed by atoms with E-state index >= 15 is 0 Å². The largest absolute Gasteiger partial charge is 0.507 e. The number of rotatable bonds is 8. The Morgan fingerprint density at radius 1 is 0.853 bits per heavy atom. The first-order valence-electron chi connectivity index (χ1n) is 11.4. The zero-order chi connectivity index (χ0) is 24.2. The minimum atomic E-state index is -0.0459. The van der Waals surface area contributed by atoms with Crippen LogP contribution < -0.4 is 23.7 Å². The Labute approximate surface area is 201 Å². The van der Waals surface area contributed by atoms with Gasteiger partial charge in [-0.1, -0.05) is 30.3 Å². The quantitative estimate of drug-likeness (QED) is 0.469. The van der Waals surface area contributed by atoms with Crippen LogP contribution in [0.2, 0.25) is 0 Å². The Kier molecular flexibility index (Phi) is 7.06. The molecule has 0 radical (unpaired) electrons. The third-order valence-electron chi connectivity index (χ3n) is 6.54. The summed E-state index contributed by atoms with van der Waals surface area (Å²) in [6.07, 6.45) is 2.79. The molecule has 4 rings (SSSR count). The summed E-state index contributed by atoms with van der Waals surface area (Å²) in [5.41, 5.74) is 4.72. The normalized spacial score (nSPS) is 14.7. The molecule has 1 N–H and O–H groups in total. The lowest BCUT2D eigenvalue weighted by Crippen LogP contribution is -2.18. The van der Waals surface area contributed by atoms with E-state index in [0.29, 0.717) is 30.1 Å². The third-order valence-corrected chi connectivity index (χ3v) is 6.54. The number of hydrogen-bond acceptors (Lipinski definition) is 6. The van der Waals surface area contributed by atoms with Crippen molar-refractivity contribution in [2.45, 2.75) is 38.7 Å². The summed E-state index contributed by atoms with van der Waals surface area (Å²) in [5, 5.41) is 10.7. The van der Waals surface area contributed by atoms with E-state index in [4.69, 9.17) is 23.7 Å². The zero-order valence-electron chi connectivity index (χ0n) is 20.4. The van der Waals surface area contributed by atoms with Crippen LogP contribution in [0.4, 0.5) is 0 Å². The van der Waals surface area contributed by atoms with Gasteiger partial charge in [-0.25, -0.2) is 0 Å². The Balaban J connectivity index is 1.74. The molecule has 0 bridgehead atoms. The van der Waals surface area contributed by atoms with E-state index in [1.54, 1.807) is 34.5 Å². The highest BCUT2D eigenvalue weighted by Crippen LogP contribution is 2.47. The van der Waals surface area contributed by atoms with Gasteiger partial charge in [0.15, 0.2) is 0 Å². The molecule has 1 atom stereocenters. The molecule has 0 amide bonds. The number of fused-ring (bicyclic) bond motifs is 1. The van der Waals surface area contributed by atoms with Gasteiger partial charge in [-0.05, 0) is 38.2 Å². The molecule has 6 nitrogen and oxygen atoms in total. The van der Waals surface area contributed by atoms with E-state index in [0.717, 1.165) is 52.2 Å². The Morgan fingerprint density at radius 3 is 2.18 bits per heavy atom. The van der Waals surface area contributed by atoms with Crippen LogP contribution in [0.25, 0.3) is 0 Å². The van der Waals surface area contributed by atoms with Crippen LogP contribution in [0, 0.1) is 6.92 Å². The average Bonchev–Trinajstić information content (AvgIpc) is 2.88. The van der Waals surface area contributed by atoms with Crippen LogP contribution in [0.15, 0.2) is 42.5 Å². The molecule has 1 aliphatic heterocycles. The lowest BCUT2D eigenvalue weighted by molar-refractivity contribution is 0.171. The lowest BCUT2D eigenvalue weighted by Gasteiger charge is -2.30. The van der Waals surface area contributed by atoms with Crippen molar-refractivity contribution >= 4 is 0 Å². The molecule has 0 aliphatic carbocycles. The zero-order valence-corrected chi connectivity index (χ0v) is 20.4. The van der Waals surface area contributed by atoms with Crippen molar-refractivity contribution in [3.05, 3.63) is 70.3 Å². The van der Waals surface area contributed by atoms with E-state index in [1.807, 2.05) is 31.2 Å². The van der Waals surface area contributed by atoms with Gasteiger partial charge in [0, 0.05) is 34.4 Å². The number of benzene rings is 3. The van der Waals surface area contributed by atoms with E-state index in [1.165, 1.54) is 0 Å². The fourth-order valence-electron chi connectivity index (χ4n) is 4.81. The van der Waals surface area contributed by atoms with Gasteiger partial charge in [0.05, 0.1) is 28.4 Å². The van der Waals surface area contributed by atoms with Crippen LogP contribution in [-0.4, -0.2) is 33.5 Å². The fraction of sp³-hybridized carbons (Fsp3) is 0.357. The maximum atomic E-state index is 10.7. The topological polar surface area (TPSA) is 66.4 Å². The molecule has 3 aromatic rings. The summed E-state index contributed by atoms with van der Waals surface area (Å²) >= 11 is 0. The van der Waals surface area contributed by atoms with E-state index in [2.05, 4.69) is 12.1 Å². The number of phenolic OH excluding ortho intramolecular Hbond substituents is 1. The Hall–Kier alpha value is -3.54. The predicted octanol–water partition coefficient (Wildman–Crippen LogP) is 5.59.